The zero-order valence-corrected chi connectivity index (χ0v) is 16.6. The zero-order valence-electron chi connectivity index (χ0n) is 16.6. The summed E-state index contributed by atoms with van der Waals surface area (Å²) in [5.74, 6) is 1.45. The van der Waals surface area contributed by atoms with Crippen LogP contribution in [0.5, 0.6) is 0 Å². The summed E-state index contributed by atoms with van der Waals surface area (Å²) in [5.41, 5.74) is 2.44. The smallest absolute Gasteiger partial charge is 0.255 e. The van der Waals surface area contributed by atoms with Crippen LogP contribution in [0, 0.1) is 20.8 Å². The van der Waals surface area contributed by atoms with E-state index in [2.05, 4.69) is 5.16 Å². The second kappa shape index (κ2) is 7.43. The SMILES string of the molecule is Cc1cc(-n2c(C)cc(C(=O)N3CCN(C(=O)C4CCCO4)CC3)c2C)no1. The van der Waals surface area contributed by atoms with Gasteiger partial charge in [-0.05, 0) is 39.7 Å². The van der Waals surface area contributed by atoms with E-state index < -0.39 is 0 Å². The Morgan fingerprint density at radius 2 is 1.79 bits per heavy atom. The molecule has 2 aliphatic rings. The van der Waals surface area contributed by atoms with Gasteiger partial charge in [0.25, 0.3) is 11.8 Å². The minimum atomic E-state index is -0.299. The fraction of sp³-hybridized carbons (Fsp3) is 0.550. The van der Waals surface area contributed by atoms with Gasteiger partial charge in [0.15, 0.2) is 5.82 Å². The molecule has 0 N–H and O–H groups in total. The molecule has 4 heterocycles. The number of amides is 2. The Kier molecular flexibility index (Phi) is 4.97. The Morgan fingerprint density at radius 3 is 2.39 bits per heavy atom. The molecule has 0 saturated carbocycles. The molecule has 28 heavy (non-hydrogen) atoms. The number of rotatable bonds is 3. The number of ether oxygens (including phenoxy) is 1. The predicted octanol–water partition coefficient (Wildman–Crippen LogP) is 1.85. The lowest BCUT2D eigenvalue weighted by atomic mass is 10.1. The standard InChI is InChI=1S/C20H26N4O4/c1-13-11-16(15(3)24(13)18-12-14(2)28-21-18)19(25)22-6-8-23(9-7-22)20(26)17-5-4-10-27-17/h11-12,17H,4-10H2,1-3H3. The average Bonchev–Trinajstić information content (AvgIpc) is 3.42. The Balaban J connectivity index is 1.45. The second-order valence-corrected chi connectivity index (χ2v) is 7.54. The van der Waals surface area contributed by atoms with Crippen LogP contribution < -0.4 is 0 Å². The van der Waals surface area contributed by atoms with Gasteiger partial charge in [0, 0.05) is 50.2 Å². The molecule has 8 heteroatoms. The molecule has 0 aromatic carbocycles. The molecule has 2 fully saturated rings. The molecule has 2 aliphatic heterocycles. The van der Waals surface area contributed by atoms with Gasteiger partial charge in [0.2, 0.25) is 0 Å². The first-order chi connectivity index (χ1) is 13.5. The maximum atomic E-state index is 13.1. The second-order valence-electron chi connectivity index (χ2n) is 7.54. The summed E-state index contributed by atoms with van der Waals surface area (Å²) in [7, 11) is 0. The average molecular weight is 386 g/mol. The molecule has 2 aromatic rings. The fourth-order valence-electron chi connectivity index (χ4n) is 4.07. The number of carbonyl (C=O) groups excluding carboxylic acids is 2. The summed E-state index contributed by atoms with van der Waals surface area (Å²) >= 11 is 0. The predicted molar refractivity (Wildman–Crippen MR) is 101 cm³/mol. The Hall–Kier alpha value is -2.61. The topological polar surface area (TPSA) is 80.8 Å². The van der Waals surface area contributed by atoms with Crippen LogP contribution in [0.4, 0.5) is 0 Å². The third-order valence-corrected chi connectivity index (χ3v) is 5.59. The van der Waals surface area contributed by atoms with Crippen LogP contribution in [0.15, 0.2) is 16.7 Å². The first-order valence-corrected chi connectivity index (χ1v) is 9.78. The minimum absolute atomic E-state index is 0.0104. The lowest BCUT2D eigenvalue weighted by Gasteiger charge is -2.35. The van der Waals surface area contributed by atoms with Crippen LogP contribution in [0.25, 0.3) is 5.82 Å². The zero-order chi connectivity index (χ0) is 19.8. The summed E-state index contributed by atoms with van der Waals surface area (Å²) in [4.78, 5) is 29.2. The van der Waals surface area contributed by atoms with E-state index in [-0.39, 0.29) is 17.9 Å². The van der Waals surface area contributed by atoms with Gasteiger partial charge >= 0.3 is 0 Å². The van der Waals surface area contributed by atoms with Crippen LogP contribution in [-0.4, -0.2) is 70.2 Å². The van der Waals surface area contributed by atoms with Crippen molar-refractivity contribution < 1.29 is 18.8 Å². The summed E-state index contributed by atoms with van der Waals surface area (Å²) in [5, 5.41) is 4.07. The lowest BCUT2D eigenvalue weighted by molar-refractivity contribution is -0.142. The molecular formula is C20H26N4O4. The van der Waals surface area contributed by atoms with E-state index >= 15 is 0 Å². The number of nitrogens with zero attached hydrogens (tertiary/aromatic N) is 4. The summed E-state index contributed by atoms with van der Waals surface area (Å²) < 4.78 is 12.6. The van der Waals surface area contributed by atoms with E-state index in [1.807, 2.05) is 47.3 Å². The van der Waals surface area contributed by atoms with Gasteiger partial charge in [-0.1, -0.05) is 5.16 Å². The highest BCUT2D eigenvalue weighted by Crippen LogP contribution is 2.23. The molecule has 1 atom stereocenters. The Morgan fingerprint density at radius 1 is 1.07 bits per heavy atom. The van der Waals surface area contributed by atoms with Gasteiger partial charge in [-0.2, -0.15) is 0 Å². The number of aryl methyl sites for hydroxylation is 2. The highest BCUT2D eigenvalue weighted by Gasteiger charge is 2.32. The Bertz CT molecular complexity index is 886. The van der Waals surface area contributed by atoms with Crippen molar-refractivity contribution in [1.29, 1.82) is 0 Å². The molecule has 0 radical (unpaired) electrons. The largest absolute Gasteiger partial charge is 0.368 e. The molecule has 1 unspecified atom stereocenters. The van der Waals surface area contributed by atoms with Gasteiger partial charge < -0.3 is 19.1 Å². The molecule has 0 spiro atoms. The van der Waals surface area contributed by atoms with Gasteiger partial charge in [-0.3, -0.25) is 14.2 Å². The third-order valence-electron chi connectivity index (χ3n) is 5.59. The molecule has 2 aromatic heterocycles. The van der Waals surface area contributed by atoms with Gasteiger partial charge in [0.05, 0.1) is 5.56 Å². The molecule has 8 nitrogen and oxygen atoms in total. The van der Waals surface area contributed by atoms with Crippen molar-refractivity contribution in [1.82, 2.24) is 19.5 Å². The fourth-order valence-corrected chi connectivity index (χ4v) is 4.07. The van der Waals surface area contributed by atoms with Crippen LogP contribution in [0.2, 0.25) is 0 Å². The van der Waals surface area contributed by atoms with Crippen molar-refractivity contribution in [2.24, 2.45) is 0 Å². The van der Waals surface area contributed by atoms with E-state index in [1.165, 1.54) is 0 Å². The van der Waals surface area contributed by atoms with E-state index in [9.17, 15) is 9.59 Å². The van der Waals surface area contributed by atoms with E-state index in [4.69, 9.17) is 9.26 Å². The molecule has 2 amide bonds. The molecular weight excluding hydrogens is 360 g/mol. The van der Waals surface area contributed by atoms with E-state index in [1.54, 1.807) is 0 Å². The summed E-state index contributed by atoms with van der Waals surface area (Å²) in [6, 6.07) is 3.75. The maximum Gasteiger partial charge on any atom is 0.255 e. The van der Waals surface area contributed by atoms with Gasteiger partial charge in [-0.15, -0.1) is 0 Å². The third kappa shape index (κ3) is 3.32. The molecule has 2 saturated heterocycles. The van der Waals surface area contributed by atoms with Crippen LogP contribution in [0.1, 0.15) is 40.3 Å². The van der Waals surface area contributed by atoms with Crippen LogP contribution in [-0.2, 0) is 9.53 Å². The number of piperazine rings is 1. The first-order valence-electron chi connectivity index (χ1n) is 9.78. The van der Waals surface area contributed by atoms with Crippen molar-refractivity contribution in [2.45, 2.75) is 39.7 Å². The van der Waals surface area contributed by atoms with Crippen molar-refractivity contribution >= 4 is 11.8 Å². The van der Waals surface area contributed by atoms with Crippen molar-refractivity contribution in [2.75, 3.05) is 32.8 Å². The molecule has 150 valence electrons. The monoisotopic (exact) mass is 386 g/mol. The van der Waals surface area contributed by atoms with Gasteiger partial charge in [0.1, 0.15) is 11.9 Å². The highest BCUT2D eigenvalue weighted by molar-refractivity contribution is 5.96. The van der Waals surface area contributed by atoms with Gasteiger partial charge in [-0.25, -0.2) is 0 Å². The highest BCUT2D eigenvalue weighted by atomic mass is 16.5. The summed E-state index contributed by atoms with van der Waals surface area (Å²) in [6.07, 6.45) is 1.44. The van der Waals surface area contributed by atoms with Crippen molar-refractivity contribution in [3.8, 4) is 5.82 Å². The van der Waals surface area contributed by atoms with Crippen molar-refractivity contribution in [3.63, 3.8) is 0 Å². The maximum absolute atomic E-state index is 13.1. The van der Waals surface area contributed by atoms with Crippen LogP contribution in [0.3, 0.4) is 0 Å². The lowest BCUT2D eigenvalue weighted by Crippen LogP contribution is -2.52. The number of hydrogen-bond acceptors (Lipinski definition) is 5. The molecule has 4 rings (SSSR count). The van der Waals surface area contributed by atoms with Crippen LogP contribution >= 0.6 is 0 Å². The number of carbonyl (C=O) groups is 2. The first kappa shape index (κ1) is 18.7. The number of hydrogen-bond donors (Lipinski definition) is 0. The number of aromatic nitrogens is 2. The summed E-state index contributed by atoms with van der Waals surface area (Å²) in [6.45, 7) is 8.53. The quantitative estimate of drug-likeness (QED) is 0.804. The molecule has 0 aliphatic carbocycles. The normalized spacial score (nSPS) is 20.0. The van der Waals surface area contributed by atoms with Crippen molar-refractivity contribution in [3.05, 3.63) is 34.8 Å². The molecule has 0 bridgehead atoms. The Labute approximate surface area is 164 Å². The minimum Gasteiger partial charge on any atom is -0.368 e. The van der Waals surface area contributed by atoms with E-state index in [0.29, 0.717) is 44.2 Å². The van der Waals surface area contributed by atoms with E-state index in [0.717, 1.165) is 30.0 Å².